The van der Waals surface area contributed by atoms with E-state index in [2.05, 4.69) is 20.8 Å². The van der Waals surface area contributed by atoms with Crippen LogP contribution in [0.5, 0.6) is 0 Å². The molecule has 0 bridgehead atoms. The van der Waals surface area contributed by atoms with Gasteiger partial charge in [-0.05, 0) is 67.3 Å². The monoisotopic (exact) mass is 342 g/mol. The summed E-state index contributed by atoms with van der Waals surface area (Å²) in [6.45, 7) is 8.34. The van der Waals surface area contributed by atoms with Crippen LogP contribution in [0.15, 0.2) is 11.6 Å². The average molecular weight is 342 g/mol. The summed E-state index contributed by atoms with van der Waals surface area (Å²) < 4.78 is 0. The van der Waals surface area contributed by atoms with Crippen LogP contribution in [-0.2, 0) is 14.4 Å². The number of carbonyl (C=O) groups is 3. The van der Waals surface area contributed by atoms with Gasteiger partial charge in [0.15, 0.2) is 5.78 Å². The van der Waals surface area contributed by atoms with Crippen molar-refractivity contribution in [3.63, 3.8) is 0 Å². The molecule has 4 rings (SSSR count). The van der Waals surface area contributed by atoms with Crippen molar-refractivity contribution < 1.29 is 14.4 Å². The molecule has 4 aliphatic carbocycles. The van der Waals surface area contributed by atoms with Crippen molar-refractivity contribution in [2.75, 3.05) is 0 Å². The molecule has 0 N–H and O–H groups in total. The van der Waals surface area contributed by atoms with Crippen LogP contribution in [-0.4, -0.2) is 17.3 Å². The maximum absolute atomic E-state index is 13.4. The molecule has 3 heteroatoms. The number of carbonyl (C=O) groups excluding carboxylic acids is 3. The number of ketones is 3. The molecule has 0 saturated heterocycles. The molecule has 1 unspecified atom stereocenters. The summed E-state index contributed by atoms with van der Waals surface area (Å²) in [6.07, 6.45) is 6.81. The van der Waals surface area contributed by atoms with Crippen molar-refractivity contribution >= 4 is 17.3 Å². The number of rotatable bonds is 1. The van der Waals surface area contributed by atoms with E-state index in [-0.39, 0.29) is 34.2 Å². The van der Waals surface area contributed by atoms with E-state index in [0.29, 0.717) is 36.4 Å². The van der Waals surface area contributed by atoms with Crippen molar-refractivity contribution in [2.24, 2.45) is 40.4 Å². The lowest BCUT2D eigenvalue weighted by Crippen LogP contribution is -2.55. The van der Waals surface area contributed by atoms with Crippen LogP contribution in [0.3, 0.4) is 0 Å². The molecule has 0 amide bonds. The molecule has 0 aromatic rings. The third kappa shape index (κ3) is 2.20. The average Bonchev–Trinajstić information content (AvgIpc) is 2.77. The summed E-state index contributed by atoms with van der Waals surface area (Å²) in [4.78, 5) is 37.6. The summed E-state index contributed by atoms with van der Waals surface area (Å²) in [5.74, 6) is 2.14. The van der Waals surface area contributed by atoms with E-state index < -0.39 is 0 Å². The van der Waals surface area contributed by atoms with Gasteiger partial charge in [0.2, 0.25) is 0 Å². The molecule has 7 atom stereocenters. The second-order valence-electron chi connectivity index (χ2n) is 9.79. The first-order valence-electron chi connectivity index (χ1n) is 9.95. The Balaban J connectivity index is 1.76. The van der Waals surface area contributed by atoms with Crippen molar-refractivity contribution in [2.45, 2.75) is 66.2 Å². The molecule has 0 aromatic heterocycles. The Labute approximate surface area is 150 Å². The molecule has 3 fully saturated rings. The molecular weight excluding hydrogens is 312 g/mol. The zero-order valence-corrected chi connectivity index (χ0v) is 15.9. The number of hydrogen-bond donors (Lipinski definition) is 0. The highest BCUT2D eigenvalue weighted by molar-refractivity contribution is 5.93. The highest BCUT2D eigenvalue weighted by atomic mass is 16.1. The van der Waals surface area contributed by atoms with Gasteiger partial charge in [0.1, 0.15) is 11.6 Å². The Morgan fingerprint density at radius 2 is 1.92 bits per heavy atom. The van der Waals surface area contributed by atoms with Gasteiger partial charge in [-0.3, -0.25) is 14.4 Å². The summed E-state index contributed by atoms with van der Waals surface area (Å²) in [5, 5.41) is 0. The van der Waals surface area contributed by atoms with Gasteiger partial charge in [0.25, 0.3) is 0 Å². The van der Waals surface area contributed by atoms with E-state index >= 15 is 0 Å². The van der Waals surface area contributed by atoms with Crippen LogP contribution in [0.2, 0.25) is 0 Å². The molecule has 0 aromatic carbocycles. The van der Waals surface area contributed by atoms with Gasteiger partial charge in [-0.1, -0.05) is 26.3 Å². The lowest BCUT2D eigenvalue weighted by molar-refractivity contribution is -0.148. The first-order valence-corrected chi connectivity index (χ1v) is 9.95. The molecular formula is C22H30O3. The molecule has 0 spiro atoms. The highest BCUT2D eigenvalue weighted by Gasteiger charge is 2.64. The third-order valence-corrected chi connectivity index (χ3v) is 8.43. The molecule has 136 valence electrons. The molecule has 3 nitrogen and oxygen atoms in total. The van der Waals surface area contributed by atoms with E-state index in [0.717, 1.165) is 25.7 Å². The van der Waals surface area contributed by atoms with Crippen molar-refractivity contribution in [1.29, 1.82) is 0 Å². The molecule has 0 aliphatic heterocycles. The van der Waals surface area contributed by atoms with Gasteiger partial charge in [-0.2, -0.15) is 0 Å². The first kappa shape index (κ1) is 17.2. The molecule has 4 aliphatic rings. The molecule has 0 radical (unpaired) electrons. The summed E-state index contributed by atoms with van der Waals surface area (Å²) in [5.41, 5.74) is 0.925. The third-order valence-electron chi connectivity index (χ3n) is 8.43. The van der Waals surface area contributed by atoms with Gasteiger partial charge < -0.3 is 0 Å². The summed E-state index contributed by atoms with van der Waals surface area (Å²) in [6, 6.07) is 0. The summed E-state index contributed by atoms with van der Waals surface area (Å²) >= 11 is 0. The van der Waals surface area contributed by atoms with Gasteiger partial charge in [-0.25, -0.2) is 0 Å². The number of fused-ring (bicyclic) bond motifs is 5. The van der Waals surface area contributed by atoms with Gasteiger partial charge in [-0.15, -0.1) is 0 Å². The Morgan fingerprint density at radius 1 is 1.20 bits per heavy atom. The fraction of sp³-hybridized carbons (Fsp3) is 0.773. The highest BCUT2D eigenvalue weighted by Crippen LogP contribution is 2.66. The first-order chi connectivity index (χ1) is 11.7. The lowest BCUT2D eigenvalue weighted by atomic mass is 9.46. The Hall–Kier alpha value is -1.25. The van der Waals surface area contributed by atoms with Crippen LogP contribution in [0.25, 0.3) is 0 Å². The largest absolute Gasteiger partial charge is 0.300 e. The maximum atomic E-state index is 13.4. The second-order valence-corrected chi connectivity index (χ2v) is 9.79. The number of Topliss-reactive ketones (excluding diaryl/α,β-unsaturated/α-hetero) is 2. The SMILES string of the molecule is CC(=O)[C@H]1C(C)C[C@H]2[C@@H]3CCC4=CC(=O)CC[C@]4(C)[C@H]3C(=O)C[C@]12C. The number of allylic oxidation sites excluding steroid dienone is 1. The van der Waals surface area contributed by atoms with Gasteiger partial charge >= 0.3 is 0 Å². The fourth-order valence-electron chi connectivity index (χ4n) is 7.62. The zero-order valence-electron chi connectivity index (χ0n) is 15.9. The van der Waals surface area contributed by atoms with Crippen molar-refractivity contribution in [1.82, 2.24) is 0 Å². The molecule has 25 heavy (non-hydrogen) atoms. The van der Waals surface area contributed by atoms with E-state index in [1.165, 1.54) is 5.57 Å². The Morgan fingerprint density at radius 3 is 2.60 bits per heavy atom. The van der Waals surface area contributed by atoms with Crippen LogP contribution < -0.4 is 0 Å². The minimum atomic E-state index is -0.161. The predicted octanol–water partition coefficient (Wildman–Crippen LogP) is 4.15. The Bertz CT molecular complexity index is 689. The van der Waals surface area contributed by atoms with E-state index in [1.54, 1.807) is 6.92 Å². The quantitative estimate of drug-likeness (QED) is 0.719. The molecule has 3 saturated carbocycles. The van der Waals surface area contributed by atoms with Crippen LogP contribution >= 0.6 is 0 Å². The predicted molar refractivity (Wildman–Crippen MR) is 95.8 cm³/mol. The zero-order chi connectivity index (χ0) is 18.1. The Kier molecular flexibility index (Phi) is 3.69. The second kappa shape index (κ2) is 5.37. The normalized spacial score (nSPS) is 49.1. The smallest absolute Gasteiger partial charge is 0.155 e. The molecule has 0 heterocycles. The standard InChI is InChI=1S/C22H30O3/c1-12-9-17-16-6-5-14-10-15(24)7-8-21(14,3)20(16)18(25)11-22(17,4)19(12)13(2)23/h10,12,16-17,19-20H,5-9,11H2,1-4H3/t12?,16-,17-,19+,20+,21-,22-/m0/s1. The fourth-order valence-corrected chi connectivity index (χ4v) is 7.62. The van der Waals surface area contributed by atoms with Crippen molar-refractivity contribution in [3.05, 3.63) is 11.6 Å². The van der Waals surface area contributed by atoms with Crippen molar-refractivity contribution in [3.8, 4) is 0 Å². The van der Waals surface area contributed by atoms with Gasteiger partial charge in [0.05, 0.1) is 0 Å². The van der Waals surface area contributed by atoms with Crippen LogP contribution in [0, 0.1) is 40.4 Å². The van der Waals surface area contributed by atoms with Crippen LogP contribution in [0.4, 0.5) is 0 Å². The van der Waals surface area contributed by atoms with Crippen LogP contribution in [0.1, 0.15) is 66.2 Å². The topological polar surface area (TPSA) is 51.2 Å². The maximum Gasteiger partial charge on any atom is 0.155 e. The van der Waals surface area contributed by atoms with E-state index in [1.807, 2.05) is 6.08 Å². The van der Waals surface area contributed by atoms with E-state index in [9.17, 15) is 14.4 Å². The lowest BCUT2D eigenvalue weighted by Gasteiger charge is -2.56. The van der Waals surface area contributed by atoms with E-state index in [4.69, 9.17) is 0 Å². The minimum Gasteiger partial charge on any atom is -0.300 e. The van der Waals surface area contributed by atoms with Gasteiger partial charge in [0, 0.05) is 24.7 Å². The minimum absolute atomic E-state index is 0.0279. The number of hydrogen-bond acceptors (Lipinski definition) is 3. The summed E-state index contributed by atoms with van der Waals surface area (Å²) in [7, 11) is 0.